The number of piperazine rings is 1. The highest BCUT2D eigenvalue weighted by Crippen LogP contribution is 2.27. The van der Waals surface area contributed by atoms with Gasteiger partial charge in [-0.15, -0.1) is 5.10 Å². The Morgan fingerprint density at radius 1 is 1.12 bits per heavy atom. The molecule has 8 nitrogen and oxygen atoms in total. The molecule has 9 heteroatoms. The molecule has 0 saturated carbocycles. The minimum Gasteiger partial charge on any atom is -0.346 e. The number of aromatic nitrogens is 3. The average molecular weight is 453 g/mol. The Kier molecular flexibility index (Phi) is 5.93. The molecule has 4 heterocycles. The number of anilines is 1. The Morgan fingerprint density at radius 2 is 1.91 bits per heavy atom. The molecule has 2 aliphatic rings. The first-order valence-corrected chi connectivity index (χ1v) is 12.1. The molecule has 5 rings (SSSR count). The molecule has 2 saturated heterocycles. The van der Waals surface area contributed by atoms with Gasteiger partial charge in [0, 0.05) is 51.9 Å². The number of hydrogen-bond donors (Lipinski definition) is 0. The maximum absolute atomic E-state index is 13.3. The highest BCUT2D eigenvalue weighted by Gasteiger charge is 2.27. The van der Waals surface area contributed by atoms with Gasteiger partial charge in [-0.05, 0) is 24.3 Å². The van der Waals surface area contributed by atoms with E-state index >= 15 is 0 Å². The lowest BCUT2D eigenvalue weighted by Crippen LogP contribution is -2.48. The van der Waals surface area contributed by atoms with Gasteiger partial charge in [-0.1, -0.05) is 48.6 Å². The predicted octanol–water partition coefficient (Wildman–Crippen LogP) is 2.35. The maximum atomic E-state index is 13.3. The van der Waals surface area contributed by atoms with E-state index in [4.69, 9.17) is 5.10 Å². The van der Waals surface area contributed by atoms with Crippen LogP contribution in [-0.4, -0.2) is 69.6 Å². The van der Waals surface area contributed by atoms with Gasteiger partial charge in [-0.25, -0.2) is 0 Å². The number of nitrogens with zero attached hydrogens (tertiary/aromatic N) is 6. The molecule has 0 radical (unpaired) electrons. The normalized spacial score (nSPS) is 20.1. The summed E-state index contributed by atoms with van der Waals surface area (Å²) >= 11 is 1.39. The van der Waals surface area contributed by atoms with Crippen LogP contribution in [0.3, 0.4) is 0 Å². The second kappa shape index (κ2) is 8.99. The number of amides is 1. The molecule has 2 aromatic heterocycles. The SMILES string of the molecule is C[C@@H]1CCCN(c2nn3c(C(=O)N4CCN(Cc5ccccc5)CC4)cc(=O)nc3s2)C1. The standard InChI is InChI=1S/C23H28N6O2S/c1-17-6-5-9-28(15-17)23-25-29-19(14-20(30)24-22(29)32-23)21(31)27-12-10-26(11-13-27)16-18-7-3-2-4-8-18/h2-4,7-8,14,17H,5-6,9-13,15-16H2,1H3/t17-/m1/s1. The molecule has 2 fully saturated rings. The van der Waals surface area contributed by atoms with E-state index in [-0.39, 0.29) is 5.91 Å². The first-order valence-electron chi connectivity index (χ1n) is 11.3. The first-order chi connectivity index (χ1) is 15.6. The van der Waals surface area contributed by atoms with E-state index in [1.165, 1.54) is 29.4 Å². The van der Waals surface area contributed by atoms with Gasteiger partial charge in [0.25, 0.3) is 11.5 Å². The maximum Gasteiger partial charge on any atom is 0.274 e. The highest BCUT2D eigenvalue weighted by atomic mass is 32.1. The monoisotopic (exact) mass is 452 g/mol. The van der Waals surface area contributed by atoms with Crippen LogP contribution in [0.25, 0.3) is 4.96 Å². The fraction of sp³-hybridized carbons (Fsp3) is 0.478. The van der Waals surface area contributed by atoms with Gasteiger partial charge < -0.3 is 9.80 Å². The molecule has 1 atom stereocenters. The summed E-state index contributed by atoms with van der Waals surface area (Å²) in [4.78, 5) is 36.6. The first kappa shape index (κ1) is 21.1. The van der Waals surface area contributed by atoms with Crippen LogP contribution in [0, 0.1) is 5.92 Å². The summed E-state index contributed by atoms with van der Waals surface area (Å²) in [5.41, 5.74) is 1.19. The van der Waals surface area contributed by atoms with Crippen molar-refractivity contribution in [1.82, 2.24) is 24.4 Å². The summed E-state index contributed by atoms with van der Waals surface area (Å²) < 4.78 is 1.57. The van der Waals surface area contributed by atoms with E-state index < -0.39 is 5.56 Å². The minimum absolute atomic E-state index is 0.150. The number of benzene rings is 1. The van der Waals surface area contributed by atoms with E-state index in [9.17, 15) is 9.59 Å². The van der Waals surface area contributed by atoms with Crippen LogP contribution < -0.4 is 10.5 Å². The fourth-order valence-corrected chi connectivity index (χ4v) is 5.50. The topological polar surface area (TPSA) is 74.1 Å². The van der Waals surface area contributed by atoms with Gasteiger partial charge in [0.05, 0.1) is 0 Å². The van der Waals surface area contributed by atoms with Gasteiger partial charge in [0.2, 0.25) is 10.1 Å². The Balaban J connectivity index is 1.33. The number of carbonyl (C=O) groups excluding carboxylic acids is 1. The summed E-state index contributed by atoms with van der Waals surface area (Å²) in [5, 5.41) is 5.53. The number of rotatable bonds is 4. The smallest absolute Gasteiger partial charge is 0.274 e. The molecule has 0 unspecified atom stereocenters. The zero-order valence-electron chi connectivity index (χ0n) is 18.3. The van der Waals surface area contributed by atoms with Crippen molar-refractivity contribution in [2.75, 3.05) is 44.2 Å². The molecule has 1 aromatic carbocycles. The molecule has 2 aliphatic heterocycles. The van der Waals surface area contributed by atoms with Crippen molar-refractivity contribution in [2.24, 2.45) is 5.92 Å². The van der Waals surface area contributed by atoms with E-state index in [1.807, 2.05) is 23.1 Å². The van der Waals surface area contributed by atoms with Crippen molar-refractivity contribution < 1.29 is 4.79 Å². The number of hydrogen-bond acceptors (Lipinski definition) is 7. The molecule has 3 aromatic rings. The van der Waals surface area contributed by atoms with Crippen LogP contribution in [0.15, 0.2) is 41.2 Å². The lowest BCUT2D eigenvalue weighted by Gasteiger charge is -2.34. The van der Waals surface area contributed by atoms with E-state index in [0.29, 0.717) is 29.7 Å². The third kappa shape index (κ3) is 4.40. The zero-order chi connectivity index (χ0) is 22.1. The molecular formula is C23H28N6O2S. The lowest BCUT2D eigenvalue weighted by molar-refractivity contribution is 0.0619. The molecule has 32 heavy (non-hydrogen) atoms. The van der Waals surface area contributed by atoms with Crippen LogP contribution in [0.5, 0.6) is 0 Å². The molecular weight excluding hydrogens is 424 g/mol. The van der Waals surface area contributed by atoms with Crippen molar-refractivity contribution in [3.63, 3.8) is 0 Å². The summed E-state index contributed by atoms with van der Waals surface area (Å²) in [6.07, 6.45) is 2.35. The van der Waals surface area contributed by atoms with Crippen molar-refractivity contribution >= 4 is 27.3 Å². The van der Waals surface area contributed by atoms with E-state index in [2.05, 4.69) is 33.8 Å². The molecule has 0 aliphatic carbocycles. The second-order valence-corrected chi connectivity index (χ2v) is 9.74. The third-order valence-electron chi connectivity index (χ3n) is 6.30. The second-order valence-electron chi connectivity index (χ2n) is 8.81. The van der Waals surface area contributed by atoms with Gasteiger partial charge in [-0.3, -0.25) is 14.5 Å². The van der Waals surface area contributed by atoms with E-state index in [1.54, 1.807) is 4.52 Å². The number of carbonyl (C=O) groups is 1. The van der Waals surface area contributed by atoms with Crippen LogP contribution in [0.4, 0.5) is 5.13 Å². The number of fused-ring (bicyclic) bond motifs is 1. The highest BCUT2D eigenvalue weighted by molar-refractivity contribution is 7.20. The average Bonchev–Trinajstić information content (AvgIpc) is 3.23. The molecule has 0 bridgehead atoms. The molecule has 0 spiro atoms. The van der Waals surface area contributed by atoms with Gasteiger partial charge in [-0.2, -0.15) is 9.50 Å². The summed E-state index contributed by atoms with van der Waals surface area (Å²) in [7, 11) is 0. The molecule has 168 valence electrons. The van der Waals surface area contributed by atoms with Crippen LogP contribution in [0.2, 0.25) is 0 Å². The predicted molar refractivity (Wildman–Crippen MR) is 125 cm³/mol. The van der Waals surface area contributed by atoms with E-state index in [0.717, 1.165) is 44.3 Å². The van der Waals surface area contributed by atoms with Crippen LogP contribution in [-0.2, 0) is 6.54 Å². The summed E-state index contributed by atoms with van der Waals surface area (Å²) in [6, 6.07) is 11.7. The Bertz CT molecular complexity index is 1150. The third-order valence-corrected chi connectivity index (χ3v) is 7.27. The fourth-order valence-electron chi connectivity index (χ4n) is 4.56. The minimum atomic E-state index is -0.390. The molecule has 1 amide bonds. The van der Waals surface area contributed by atoms with Gasteiger partial charge >= 0.3 is 0 Å². The Morgan fingerprint density at radius 3 is 2.66 bits per heavy atom. The zero-order valence-corrected chi connectivity index (χ0v) is 19.1. The Labute approximate surface area is 191 Å². The molecule has 0 N–H and O–H groups in total. The van der Waals surface area contributed by atoms with Crippen molar-refractivity contribution in [3.8, 4) is 0 Å². The lowest BCUT2D eigenvalue weighted by atomic mass is 10.0. The Hall–Kier alpha value is -2.78. The van der Waals surface area contributed by atoms with Gasteiger partial charge in [0.15, 0.2) is 0 Å². The summed E-state index contributed by atoms with van der Waals surface area (Å²) in [5.74, 6) is 0.458. The van der Waals surface area contributed by atoms with Crippen LogP contribution in [0.1, 0.15) is 35.8 Å². The quantitative estimate of drug-likeness (QED) is 0.605. The van der Waals surface area contributed by atoms with Crippen molar-refractivity contribution in [1.29, 1.82) is 0 Å². The summed E-state index contributed by atoms with van der Waals surface area (Å²) in [6.45, 7) is 7.88. The largest absolute Gasteiger partial charge is 0.346 e. The van der Waals surface area contributed by atoms with Crippen molar-refractivity contribution in [3.05, 3.63) is 58.0 Å². The number of piperidine rings is 1. The van der Waals surface area contributed by atoms with Crippen LogP contribution >= 0.6 is 11.3 Å². The van der Waals surface area contributed by atoms with Gasteiger partial charge in [0.1, 0.15) is 5.69 Å². The van der Waals surface area contributed by atoms with Crippen molar-refractivity contribution in [2.45, 2.75) is 26.3 Å².